The molecule has 1 rings (SSSR count). The van der Waals surface area contributed by atoms with Gasteiger partial charge in [-0.25, -0.2) is 0 Å². The summed E-state index contributed by atoms with van der Waals surface area (Å²) in [6.45, 7) is 3.83. The Morgan fingerprint density at radius 1 is 1.50 bits per heavy atom. The molecule has 0 bridgehead atoms. The summed E-state index contributed by atoms with van der Waals surface area (Å²) < 4.78 is 0.966. The van der Waals surface area contributed by atoms with E-state index >= 15 is 0 Å². The highest BCUT2D eigenvalue weighted by Gasteiger charge is 2.08. The molecule has 0 aliphatic rings. The first-order chi connectivity index (χ1) is 5.57. The largest absolute Gasteiger partial charge is 0.398 e. The number of hydrogen-bond acceptors (Lipinski definition) is 2. The van der Waals surface area contributed by atoms with Crippen LogP contribution in [0.1, 0.15) is 16.7 Å². The quantitative estimate of drug-likeness (QED) is 0.689. The minimum atomic E-state index is 0.552. The lowest BCUT2D eigenvalue weighted by molar-refractivity contribution is 1.31. The van der Waals surface area contributed by atoms with Crippen LogP contribution in [0.15, 0.2) is 10.5 Å². The molecule has 1 aromatic carbocycles. The predicted molar refractivity (Wildman–Crippen MR) is 52.7 cm³/mol. The predicted octanol–water partition coefficient (Wildman–Crippen LogP) is 2.52. The van der Waals surface area contributed by atoms with Gasteiger partial charge in [-0.1, -0.05) is 15.9 Å². The molecule has 0 atom stereocenters. The van der Waals surface area contributed by atoms with E-state index in [1.165, 1.54) is 0 Å². The maximum atomic E-state index is 8.76. The zero-order valence-corrected chi connectivity index (χ0v) is 8.57. The number of aryl methyl sites for hydroxylation is 1. The molecule has 62 valence electrons. The van der Waals surface area contributed by atoms with E-state index in [-0.39, 0.29) is 0 Å². The Balaban J connectivity index is 3.54. The van der Waals surface area contributed by atoms with Crippen molar-refractivity contribution in [1.29, 1.82) is 5.26 Å². The fraction of sp³-hybridized carbons (Fsp3) is 0.222. The van der Waals surface area contributed by atoms with Crippen molar-refractivity contribution in [2.24, 2.45) is 0 Å². The number of benzene rings is 1. The molecule has 1 aromatic rings. The molecular weight excluding hydrogens is 216 g/mol. The normalized spacial score (nSPS) is 9.50. The van der Waals surface area contributed by atoms with E-state index in [9.17, 15) is 0 Å². The summed E-state index contributed by atoms with van der Waals surface area (Å²) in [5.41, 5.74) is 8.74. The van der Waals surface area contributed by atoms with Gasteiger partial charge in [-0.3, -0.25) is 0 Å². The monoisotopic (exact) mass is 224 g/mol. The third-order valence-corrected chi connectivity index (χ3v) is 3.04. The minimum absolute atomic E-state index is 0.552. The minimum Gasteiger partial charge on any atom is -0.398 e. The Morgan fingerprint density at radius 3 is 2.58 bits per heavy atom. The molecule has 0 radical (unpaired) electrons. The van der Waals surface area contributed by atoms with Crippen molar-refractivity contribution in [2.45, 2.75) is 13.8 Å². The molecule has 3 heteroatoms. The number of nitrogens with zero attached hydrogens (tertiary/aromatic N) is 1. The van der Waals surface area contributed by atoms with Gasteiger partial charge in [0, 0.05) is 4.47 Å². The standard InChI is InChI=1S/C9H9BrN2/c1-5-3-8(12)7(4-11)6(2)9(5)10/h3H,12H2,1-2H3. The van der Waals surface area contributed by atoms with Gasteiger partial charge in [0.25, 0.3) is 0 Å². The summed E-state index contributed by atoms with van der Waals surface area (Å²) in [5.74, 6) is 0. The molecule has 0 aliphatic carbocycles. The van der Waals surface area contributed by atoms with Gasteiger partial charge in [0.05, 0.1) is 11.3 Å². The van der Waals surface area contributed by atoms with E-state index in [2.05, 4.69) is 22.0 Å². The number of nitrogens with two attached hydrogens (primary N) is 1. The maximum absolute atomic E-state index is 8.76. The SMILES string of the molecule is Cc1cc(N)c(C#N)c(C)c1Br. The first kappa shape index (κ1) is 9.08. The summed E-state index contributed by atoms with van der Waals surface area (Å²) in [5, 5.41) is 8.76. The molecule has 0 amide bonds. The topological polar surface area (TPSA) is 49.8 Å². The Hall–Kier alpha value is -1.01. The Kier molecular flexibility index (Phi) is 2.39. The van der Waals surface area contributed by atoms with Crippen LogP contribution in [0.5, 0.6) is 0 Å². The lowest BCUT2D eigenvalue weighted by Gasteiger charge is -2.07. The van der Waals surface area contributed by atoms with Crippen LogP contribution < -0.4 is 5.73 Å². The van der Waals surface area contributed by atoms with E-state index in [4.69, 9.17) is 11.0 Å². The first-order valence-corrected chi connectivity index (χ1v) is 4.32. The number of halogens is 1. The molecule has 0 saturated heterocycles. The number of hydrogen-bond donors (Lipinski definition) is 1. The van der Waals surface area contributed by atoms with Crippen molar-refractivity contribution in [2.75, 3.05) is 5.73 Å². The lowest BCUT2D eigenvalue weighted by atomic mass is 10.0. The Morgan fingerprint density at radius 2 is 2.08 bits per heavy atom. The van der Waals surface area contributed by atoms with E-state index in [1.807, 2.05) is 13.8 Å². The van der Waals surface area contributed by atoms with Gasteiger partial charge in [-0.05, 0) is 31.0 Å². The average molecular weight is 225 g/mol. The van der Waals surface area contributed by atoms with E-state index in [1.54, 1.807) is 6.07 Å². The van der Waals surface area contributed by atoms with Crippen LogP contribution in [0.4, 0.5) is 5.69 Å². The van der Waals surface area contributed by atoms with Crippen molar-refractivity contribution < 1.29 is 0 Å². The van der Waals surface area contributed by atoms with E-state index < -0.39 is 0 Å². The molecule has 0 unspecified atom stereocenters. The van der Waals surface area contributed by atoms with Gasteiger partial charge in [0.15, 0.2) is 0 Å². The Labute approximate surface area is 80.1 Å². The van der Waals surface area contributed by atoms with Crippen LogP contribution in [-0.4, -0.2) is 0 Å². The van der Waals surface area contributed by atoms with Gasteiger partial charge >= 0.3 is 0 Å². The van der Waals surface area contributed by atoms with Crippen molar-refractivity contribution >= 4 is 21.6 Å². The smallest absolute Gasteiger partial charge is 0.102 e. The number of nitrogen functional groups attached to an aromatic ring is 1. The molecule has 12 heavy (non-hydrogen) atoms. The molecule has 0 aliphatic heterocycles. The van der Waals surface area contributed by atoms with Gasteiger partial charge in [-0.15, -0.1) is 0 Å². The summed E-state index contributed by atoms with van der Waals surface area (Å²) >= 11 is 3.40. The fourth-order valence-electron chi connectivity index (χ4n) is 1.14. The van der Waals surface area contributed by atoms with Gasteiger partial charge in [0.1, 0.15) is 6.07 Å². The summed E-state index contributed by atoms with van der Waals surface area (Å²) in [6.07, 6.45) is 0. The third-order valence-electron chi connectivity index (χ3n) is 1.82. The van der Waals surface area contributed by atoms with Crippen LogP contribution in [-0.2, 0) is 0 Å². The number of nitriles is 1. The van der Waals surface area contributed by atoms with Crippen molar-refractivity contribution in [1.82, 2.24) is 0 Å². The lowest BCUT2D eigenvalue weighted by Crippen LogP contribution is -1.96. The van der Waals surface area contributed by atoms with Crippen molar-refractivity contribution in [3.05, 3.63) is 27.2 Å². The third kappa shape index (κ3) is 1.30. The van der Waals surface area contributed by atoms with E-state index in [0.29, 0.717) is 11.3 Å². The van der Waals surface area contributed by atoms with Crippen LogP contribution >= 0.6 is 15.9 Å². The van der Waals surface area contributed by atoms with Gasteiger partial charge in [0.2, 0.25) is 0 Å². The fourth-order valence-corrected chi connectivity index (χ4v) is 1.45. The molecule has 0 saturated carbocycles. The Bertz CT molecular complexity index is 364. The highest BCUT2D eigenvalue weighted by atomic mass is 79.9. The second-order valence-corrected chi connectivity index (χ2v) is 3.50. The first-order valence-electron chi connectivity index (χ1n) is 3.53. The van der Waals surface area contributed by atoms with Crippen molar-refractivity contribution in [3.63, 3.8) is 0 Å². The van der Waals surface area contributed by atoms with Gasteiger partial charge in [-0.2, -0.15) is 5.26 Å². The number of anilines is 1. The molecule has 2 N–H and O–H groups in total. The maximum Gasteiger partial charge on any atom is 0.102 e. The molecule has 0 aromatic heterocycles. The molecule has 0 fully saturated rings. The average Bonchev–Trinajstić information content (AvgIpc) is 2.01. The summed E-state index contributed by atoms with van der Waals surface area (Å²) in [7, 11) is 0. The van der Waals surface area contributed by atoms with Crippen LogP contribution in [0.25, 0.3) is 0 Å². The van der Waals surface area contributed by atoms with Crippen LogP contribution in [0, 0.1) is 25.2 Å². The summed E-state index contributed by atoms with van der Waals surface area (Å²) in [6, 6.07) is 3.88. The van der Waals surface area contributed by atoms with Crippen molar-refractivity contribution in [3.8, 4) is 6.07 Å². The molecule has 0 spiro atoms. The zero-order chi connectivity index (χ0) is 9.30. The molecule has 0 heterocycles. The number of rotatable bonds is 0. The van der Waals surface area contributed by atoms with Crippen LogP contribution in [0.2, 0.25) is 0 Å². The van der Waals surface area contributed by atoms with E-state index in [0.717, 1.165) is 15.6 Å². The second-order valence-electron chi connectivity index (χ2n) is 2.71. The van der Waals surface area contributed by atoms with Gasteiger partial charge < -0.3 is 5.73 Å². The summed E-state index contributed by atoms with van der Waals surface area (Å²) in [4.78, 5) is 0. The zero-order valence-electron chi connectivity index (χ0n) is 6.98. The highest BCUT2D eigenvalue weighted by molar-refractivity contribution is 9.10. The second kappa shape index (κ2) is 3.16. The molecule has 2 nitrogen and oxygen atoms in total. The highest BCUT2D eigenvalue weighted by Crippen LogP contribution is 2.27. The van der Waals surface area contributed by atoms with Crippen LogP contribution in [0.3, 0.4) is 0 Å². The molecular formula is C9H9BrN2.